The van der Waals surface area contributed by atoms with E-state index in [1.54, 1.807) is 0 Å². The lowest BCUT2D eigenvalue weighted by Gasteiger charge is -2.20. The van der Waals surface area contributed by atoms with Crippen molar-refractivity contribution in [3.05, 3.63) is 0 Å². The average Bonchev–Trinajstić information content (AvgIpc) is 3.00. The van der Waals surface area contributed by atoms with Gasteiger partial charge in [-0.25, -0.2) is 0 Å². The minimum atomic E-state index is -0.824. The highest BCUT2D eigenvalue weighted by atomic mass is 16.4. The standard InChI is InChI=1S/C10H15NO3/c1-2-11(6-3-4-6)9(12)7-5-8(7)10(13)14/h6-8H,2-5H2,1H3,(H,13,14). The lowest BCUT2D eigenvalue weighted by molar-refractivity contribution is -0.142. The molecule has 0 bridgehead atoms. The topological polar surface area (TPSA) is 57.6 Å². The van der Waals surface area contributed by atoms with Crippen LogP contribution in [0.5, 0.6) is 0 Å². The van der Waals surface area contributed by atoms with Crippen LogP contribution in [-0.2, 0) is 9.59 Å². The Morgan fingerprint density at radius 1 is 1.36 bits per heavy atom. The van der Waals surface area contributed by atoms with Crippen LogP contribution in [0.25, 0.3) is 0 Å². The molecule has 4 heteroatoms. The zero-order valence-corrected chi connectivity index (χ0v) is 8.27. The van der Waals surface area contributed by atoms with Gasteiger partial charge >= 0.3 is 5.97 Å². The third kappa shape index (κ3) is 1.61. The van der Waals surface area contributed by atoms with E-state index in [0.29, 0.717) is 19.0 Å². The number of carbonyl (C=O) groups is 2. The summed E-state index contributed by atoms with van der Waals surface area (Å²) in [7, 11) is 0. The molecule has 0 aromatic carbocycles. The highest BCUT2D eigenvalue weighted by Gasteiger charge is 2.51. The van der Waals surface area contributed by atoms with E-state index < -0.39 is 11.9 Å². The largest absolute Gasteiger partial charge is 0.481 e. The summed E-state index contributed by atoms with van der Waals surface area (Å²) in [5, 5.41) is 8.71. The lowest BCUT2D eigenvalue weighted by Crippen LogP contribution is -2.34. The Hall–Kier alpha value is -1.06. The van der Waals surface area contributed by atoms with Gasteiger partial charge in [0.1, 0.15) is 0 Å². The summed E-state index contributed by atoms with van der Waals surface area (Å²) in [4.78, 5) is 24.2. The van der Waals surface area contributed by atoms with Gasteiger partial charge in [-0.2, -0.15) is 0 Å². The SMILES string of the molecule is CCN(C(=O)C1CC1C(=O)O)C1CC1. The smallest absolute Gasteiger partial charge is 0.307 e. The normalized spacial score (nSPS) is 29.8. The minimum Gasteiger partial charge on any atom is -0.481 e. The van der Waals surface area contributed by atoms with Crippen molar-refractivity contribution < 1.29 is 14.7 Å². The maximum atomic E-state index is 11.8. The van der Waals surface area contributed by atoms with Gasteiger partial charge in [-0.1, -0.05) is 0 Å². The minimum absolute atomic E-state index is 0.0578. The van der Waals surface area contributed by atoms with E-state index in [1.807, 2.05) is 11.8 Å². The molecule has 0 saturated heterocycles. The maximum absolute atomic E-state index is 11.8. The van der Waals surface area contributed by atoms with Crippen molar-refractivity contribution in [1.29, 1.82) is 0 Å². The van der Waals surface area contributed by atoms with Crippen molar-refractivity contribution in [1.82, 2.24) is 4.90 Å². The van der Waals surface area contributed by atoms with Gasteiger partial charge in [0.25, 0.3) is 0 Å². The summed E-state index contributed by atoms with van der Waals surface area (Å²) in [5.41, 5.74) is 0. The monoisotopic (exact) mass is 197 g/mol. The molecule has 0 heterocycles. The average molecular weight is 197 g/mol. The fourth-order valence-electron chi connectivity index (χ4n) is 1.93. The first-order valence-corrected chi connectivity index (χ1v) is 5.18. The first-order valence-electron chi connectivity index (χ1n) is 5.18. The molecule has 2 unspecified atom stereocenters. The number of nitrogens with zero attached hydrogens (tertiary/aromatic N) is 1. The second-order valence-electron chi connectivity index (χ2n) is 4.14. The van der Waals surface area contributed by atoms with Crippen LogP contribution in [0.3, 0.4) is 0 Å². The second kappa shape index (κ2) is 3.26. The van der Waals surface area contributed by atoms with Crippen molar-refractivity contribution in [3.63, 3.8) is 0 Å². The van der Waals surface area contributed by atoms with Crippen molar-refractivity contribution in [2.75, 3.05) is 6.54 Å². The summed E-state index contributed by atoms with van der Waals surface area (Å²) in [6, 6.07) is 0.405. The number of rotatable bonds is 4. The summed E-state index contributed by atoms with van der Waals surface area (Å²) < 4.78 is 0. The van der Waals surface area contributed by atoms with E-state index in [-0.39, 0.29) is 11.8 Å². The first-order chi connectivity index (χ1) is 6.65. The van der Waals surface area contributed by atoms with Gasteiger partial charge in [0.2, 0.25) is 5.91 Å². The molecule has 0 aromatic rings. The lowest BCUT2D eigenvalue weighted by atomic mass is 10.2. The van der Waals surface area contributed by atoms with Crippen LogP contribution in [0.15, 0.2) is 0 Å². The van der Waals surface area contributed by atoms with E-state index in [4.69, 9.17) is 5.11 Å². The van der Waals surface area contributed by atoms with Gasteiger partial charge in [-0.15, -0.1) is 0 Å². The van der Waals surface area contributed by atoms with Crippen molar-refractivity contribution >= 4 is 11.9 Å². The number of carbonyl (C=O) groups excluding carboxylic acids is 1. The van der Waals surface area contributed by atoms with Crippen LogP contribution < -0.4 is 0 Å². The van der Waals surface area contributed by atoms with E-state index in [2.05, 4.69) is 0 Å². The van der Waals surface area contributed by atoms with E-state index in [0.717, 1.165) is 12.8 Å². The van der Waals surface area contributed by atoms with Gasteiger partial charge < -0.3 is 10.0 Å². The van der Waals surface area contributed by atoms with Gasteiger partial charge in [-0.3, -0.25) is 9.59 Å². The highest BCUT2D eigenvalue weighted by Crippen LogP contribution is 2.42. The van der Waals surface area contributed by atoms with Gasteiger partial charge in [-0.05, 0) is 26.2 Å². The molecule has 2 fully saturated rings. The molecule has 2 rings (SSSR count). The molecule has 2 aliphatic rings. The molecule has 0 aliphatic heterocycles. The number of carboxylic acids is 1. The third-order valence-corrected chi connectivity index (χ3v) is 3.04. The van der Waals surface area contributed by atoms with Crippen LogP contribution in [0.2, 0.25) is 0 Å². The van der Waals surface area contributed by atoms with E-state index >= 15 is 0 Å². The van der Waals surface area contributed by atoms with E-state index in [1.165, 1.54) is 0 Å². The van der Waals surface area contributed by atoms with Crippen molar-refractivity contribution in [2.24, 2.45) is 11.8 Å². The Morgan fingerprint density at radius 2 is 2.00 bits per heavy atom. The number of carboxylic acid groups (broad SMARTS) is 1. The molecule has 14 heavy (non-hydrogen) atoms. The molecule has 1 N–H and O–H groups in total. The molecule has 2 saturated carbocycles. The number of hydrogen-bond donors (Lipinski definition) is 1. The fourth-order valence-corrected chi connectivity index (χ4v) is 1.93. The summed E-state index contributed by atoms with van der Waals surface area (Å²) in [6.07, 6.45) is 2.71. The predicted molar refractivity (Wildman–Crippen MR) is 49.6 cm³/mol. The quantitative estimate of drug-likeness (QED) is 0.722. The molecular weight excluding hydrogens is 182 g/mol. The zero-order valence-electron chi connectivity index (χ0n) is 8.27. The molecule has 2 atom stereocenters. The molecular formula is C10H15NO3. The molecule has 1 amide bonds. The third-order valence-electron chi connectivity index (χ3n) is 3.04. The Labute approximate surface area is 82.9 Å². The molecule has 0 radical (unpaired) electrons. The molecule has 2 aliphatic carbocycles. The Bertz CT molecular complexity index is 273. The zero-order chi connectivity index (χ0) is 10.3. The Morgan fingerprint density at radius 3 is 2.36 bits per heavy atom. The van der Waals surface area contributed by atoms with Crippen molar-refractivity contribution in [2.45, 2.75) is 32.2 Å². The molecule has 0 spiro atoms. The number of amides is 1. The fraction of sp³-hybridized carbons (Fsp3) is 0.800. The number of aliphatic carboxylic acids is 1. The van der Waals surface area contributed by atoms with E-state index in [9.17, 15) is 9.59 Å². The first kappa shape index (κ1) is 9.49. The molecule has 4 nitrogen and oxygen atoms in total. The number of hydrogen-bond acceptors (Lipinski definition) is 2. The van der Waals surface area contributed by atoms with Crippen LogP contribution in [0, 0.1) is 11.8 Å². The summed E-state index contributed by atoms with van der Waals surface area (Å²) >= 11 is 0. The molecule has 0 aromatic heterocycles. The molecule has 78 valence electrons. The predicted octanol–water partition coefficient (Wildman–Crippen LogP) is 0.718. The van der Waals surface area contributed by atoms with Gasteiger partial charge in [0, 0.05) is 12.6 Å². The second-order valence-corrected chi connectivity index (χ2v) is 4.14. The van der Waals surface area contributed by atoms with Crippen LogP contribution >= 0.6 is 0 Å². The van der Waals surface area contributed by atoms with Crippen molar-refractivity contribution in [3.8, 4) is 0 Å². The van der Waals surface area contributed by atoms with Crippen LogP contribution in [0.1, 0.15) is 26.2 Å². The van der Waals surface area contributed by atoms with Crippen LogP contribution in [-0.4, -0.2) is 34.5 Å². The Balaban J connectivity index is 1.92. The van der Waals surface area contributed by atoms with Crippen LogP contribution in [0.4, 0.5) is 0 Å². The summed E-state index contributed by atoms with van der Waals surface area (Å²) in [6.45, 7) is 2.67. The maximum Gasteiger partial charge on any atom is 0.307 e. The highest BCUT2D eigenvalue weighted by molar-refractivity contribution is 5.89. The summed E-state index contributed by atoms with van der Waals surface area (Å²) in [5.74, 6) is -1.40. The van der Waals surface area contributed by atoms with Gasteiger partial charge in [0.15, 0.2) is 0 Å². The Kier molecular flexibility index (Phi) is 2.21. The van der Waals surface area contributed by atoms with Gasteiger partial charge in [0.05, 0.1) is 11.8 Å².